The van der Waals surface area contributed by atoms with Crippen molar-refractivity contribution in [3.8, 4) is 5.75 Å². The van der Waals surface area contributed by atoms with Crippen molar-refractivity contribution >= 4 is 75.6 Å². The van der Waals surface area contributed by atoms with Gasteiger partial charge in [-0.25, -0.2) is 4.79 Å². The number of hydrogen-bond donors (Lipinski definition) is 1. The molecule has 10 heteroatoms. The molecule has 0 aliphatic carbocycles. The largest absolute Gasteiger partial charge is 0.481 e. The summed E-state index contributed by atoms with van der Waals surface area (Å²) < 4.78 is 10.5. The van der Waals surface area contributed by atoms with Crippen LogP contribution < -0.4 is 10.1 Å². The lowest BCUT2D eigenvalue weighted by atomic mass is 10.2. The lowest BCUT2D eigenvalue weighted by molar-refractivity contribution is -0.118. The zero-order valence-electron chi connectivity index (χ0n) is 15.2. The van der Waals surface area contributed by atoms with Crippen molar-refractivity contribution < 1.29 is 19.1 Å². The van der Waals surface area contributed by atoms with Gasteiger partial charge in [-0.1, -0.05) is 71.3 Å². The Kier molecular flexibility index (Phi) is 9.18. The van der Waals surface area contributed by atoms with E-state index in [2.05, 4.69) is 5.32 Å². The summed E-state index contributed by atoms with van der Waals surface area (Å²) in [6, 6.07) is 6.25. The fourth-order valence-corrected chi connectivity index (χ4v) is 3.36. The molecule has 29 heavy (non-hydrogen) atoms. The van der Waals surface area contributed by atoms with Gasteiger partial charge in [0.15, 0.2) is 12.4 Å². The molecule has 2 rings (SSSR count). The predicted molar refractivity (Wildman–Crippen MR) is 117 cm³/mol. The molecule has 0 fully saturated rings. The number of anilines is 1. The lowest BCUT2D eigenvalue weighted by Gasteiger charge is -2.13. The van der Waals surface area contributed by atoms with Gasteiger partial charge in [0, 0.05) is 5.69 Å². The fraction of sp³-hybridized carbons (Fsp3) is 0.263. The average Bonchev–Trinajstić information content (AvgIpc) is 2.71. The molecule has 5 nitrogen and oxygen atoms in total. The van der Waals surface area contributed by atoms with E-state index in [4.69, 9.17) is 67.5 Å². The summed E-state index contributed by atoms with van der Waals surface area (Å²) in [5.41, 5.74) is 0.854. The highest BCUT2D eigenvalue weighted by atomic mass is 35.5. The Morgan fingerprint density at radius 1 is 0.897 bits per heavy atom. The molecule has 0 spiro atoms. The number of amides is 1. The number of carbonyl (C=O) groups is 2. The SMILES string of the molecule is CCCCOC(=O)c1ccc(NC(=O)COc2c(Cl)c(Cl)c(Cl)c(Cl)c2Cl)cc1. The van der Waals surface area contributed by atoms with Crippen LogP contribution in [0.25, 0.3) is 0 Å². The average molecular weight is 500 g/mol. The molecule has 0 saturated heterocycles. The lowest BCUT2D eigenvalue weighted by Crippen LogP contribution is -2.20. The number of unbranched alkanes of at least 4 members (excludes halogenated alkanes) is 1. The van der Waals surface area contributed by atoms with Gasteiger partial charge in [0.25, 0.3) is 5.91 Å². The van der Waals surface area contributed by atoms with Crippen molar-refractivity contribution in [2.45, 2.75) is 19.8 Å². The highest BCUT2D eigenvalue weighted by Gasteiger charge is 2.21. The van der Waals surface area contributed by atoms with Crippen molar-refractivity contribution in [2.75, 3.05) is 18.5 Å². The van der Waals surface area contributed by atoms with Crippen molar-refractivity contribution in [1.82, 2.24) is 0 Å². The molecular formula is C19H16Cl5NO4. The van der Waals surface area contributed by atoms with Crippen LogP contribution in [0.15, 0.2) is 24.3 Å². The van der Waals surface area contributed by atoms with Crippen molar-refractivity contribution in [3.05, 3.63) is 54.9 Å². The Morgan fingerprint density at radius 2 is 1.45 bits per heavy atom. The van der Waals surface area contributed by atoms with E-state index in [0.29, 0.717) is 17.9 Å². The first kappa shape index (κ1) is 23.9. The molecule has 2 aromatic carbocycles. The molecule has 0 aromatic heterocycles. The Bertz CT molecular complexity index is 873. The van der Waals surface area contributed by atoms with Crippen LogP contribution in [-0.2, 0) is 9.53 Å². The smallest absolute Gasteiger partial charge is 0.338 e. The molecule has 1 N–H and O–H groups in total. The molecule has 0 bridgehead atoms. The Morgan fingerprint density at radius 3 is 2.00 bits per heavy atom. The van der Waals surface area contributed by atoms with Gasteiger partial charge in [-0.05, 0) is 30.7 Å². The second-order valence-electron chi connectivity index (χ2n) is 5.80. The van der Waals surface area contributed by atoms with Gasteiger partial charge in [-0.15, -0.1) is 0 Å². The minimum atomic E-state index is -0.488. The first-order chi connectivity index (χ1) is 13.8. The van der Waals surface area contributed by atoms with Gasteiger partial charge in [-0.2, -0.15) is 0 Å². The molecule has 156 valence electrons. The maximum atomic E-state index is 12.1. The maximum Gasteiger partial charge on any atom is 0.338 e. The molecule has 0 unspecified atom stereocenters. The van der Waals surface area contributed by atoms with E-state index >= 15 is 0 Å². The number of nitrogens with one attached hydrogen (secondary N) is 1. The topological polar surface area (TPSA) is 64.6 Å². The van der Waals surface area contributed by atoms with Crippen LogP contribution >= 0.6 is 58.0 Å². The van der Waals surface area contributed by atoms with Gasteiger partial charge >= 0.3 is 5.97 Å². The Labute approximate surface area is 193 Å². The normalized spacial score (nSPS) is 10.6. The molecule has 0 radical (unpaired) electrons. The highest BCUT2D eigenvalue weighted by molar-refractivity contribution is 6.55. The summed E-state index contributed by atoms with van der Waals surface area (Å²) >= 11 is 29.9. The number of benzene rings is 2. The molecular weight excluding hydrogens is 483 g/mol. The van der Waals surface area contributed by atoms with Gasteiger partial charge in [0.2, 0.25) is 0 Å². The van der Waals surface area contributed by atoms with E-state index in [-0.39, 0.29) is 30.9 Å². The third kappa shape index (κ3) is 6.30. The van der Waals surface area contributed by atoms with Crippen LogP contribution in [-0.4, -0.2) is 25.1 Å². The second kappa shape index (κ2) is 11.1. The summed E-state index contributed by atoms with van der Waals surface area (Å²) in [5, 5.41) is 2.45. The molecule has 0 aliphatic heterocycles. The number of carbonyl (C=O) groups excluding carboxylic acids is 2. The Hall–Kier alpha value is -1.37. The monoisotopic (exact) mass is 497 g/mol. The van der Waals surface area contributed by atoms with Gasteiger partial charge in [-0.3, -0.25) is 4.79 Å². The zero-order valence-corrected chi connectivity index (χ0v) is 18.9. The number of halogens is 5. The number of rotatable bonds is 8. The van der Waals surface area contributed by atoms with E-state index in [1.54, 1.807) is 24.3 Å². The molecule has 1 amide bonds. The third-order valence-corrected chi connectivity index (χ3v) is 5.89. The van der Waals surface area contributed by atoms with Crippen LogP contribution in [0.4, 0.5) is 5.69 Å². The molecule has 0 aliphatic rings. The van der Waals surface area contributed by atoms with Crippen LogP contribution in [0.1, 0.15) is 30.1 Å². The van der Waals surface area contributed by atoms with Crippen molar-refractivity contribution in [3.63, 3.8) is 0 Å². The summed E-state index contributed by atoms with van der Waals surface area (Å²) in [7, 11) is 0. The number of ether oxygens (including phenoxy) is 2. The third-order valence-electron chi connectivity index (χ3n) is 3.65. The van der Waals surface area contributed by atoms with Crippen LogP contribution in [0, 0.1) is 0 Å². The first-order valence-electron chi connectivity index (χ1n) is 8.47. The van der Waals surface area contributed by atoms with Gasteiger partial charge < -0.3 is 14.8 Å². The standard InChI is InChI=1S/C19H16Cl5NO4/c1-2-3-8-28-19(27)10-4-6-11(7-5-10)25-12(26)9-29-18-16(23)14(21)13(20)15(22)17(18)24/h4-7H,2-3,8-9H2,1H3,(H,25,26). The summed E-state index contributed by atoms with van der Waals surface area (Å²) in [6.07, 6.45) is 1.74. The van der Waals surface area contributed by atoms with E-state index in [1.165, 1.54) is 0 Å². The first-order valence-corrected chi connectivity index (χ1v) is 10.4. The Balaban J connectivity index is 1.96. The quantitative estimate of drug-likeness (QED) is 0.185. The van der Waals surface area contributed by atoms with E-state index in [1.807, 2.05) is 6.92 Å². The van der Waals surface area contributed by atoms with E-state index in [9.17, 15) is 9.59 Å². The minimum absolute atomic E-state index is 0.00607. The van der Waals surface area contributed by atoms with Gasteiger partial charge in [0.05, 0.1) is 27.2 Å². The summed E-state index contributed by atoms with van der Waals surface area (Å²) in [5.74, 6) is -0.953. The second-order valence-corrected chi connectivity index (χ2v) is 7.69. The molecule has 0 saturated carbocycles. The number of esters is 1. The van der Waals surface area contributed by atoms with Crippen molar-refractivity contribution in [1.29, 1.82) is 0 Å². The van der Waals surface area contributed by atoms with Crippen LogP contribution in [0.2, 0.25) is 25.1 Å². The highest BCUT2D eigenvalue weighted by Crippen LogP contribution is 2.48. The molecule has 0 heterocycles. The van der Waals surface area contributed by atoms with Crippen molar-refractivity contribution in [2.24, 2.45) is 0 Å². The molecule has 2 aromatic rings. The minimum Gasteiger partial charge on any atom is -0.481 e. The van der Waals surface area contributed by atoms with E-state index in [0.717, 1.165) is 12.8 Å². The zero-order chi connectivity index (χ0) is 21.6. The molecule has 0 atom stereocenters. The predicted octanol–water partition coefficient (Wildman–Crippen LogP) is 6.93. The van der Waals surface area contributed by atoms with E-state index < -0.39 is 18.5 Å². The summed E-state index contributed by atoms with van der Waals surface area (Å²) in [6.45, 7) is 1.97. The van der Waals surface area contributed by atoms with Gasteiger partial charge in [0.1, 0.15) is 10.0 Å². The number of hydrogen-bond acceptors (Lipinski definition) is 4. The fourth-order valence-electron chi connectivity index (χ4n) is 2.13. The summed E-state index contributed by atoms with van der Waals surface area (Å²) in [4.78, 5) is 24.0. The van der Waals surface area contributed by atoms with Crippen LogP contribution in [0.3, 0.4) is 0 Å². The van der Waals surface area contributed by atoms with Crippen LogP contribution in [0.5, 0.6) is 5.75 Å². The maximum absolute atomic E-state index is 12.1.